The Kier molecular flexibility index (Phi) is 1.59. The predicted molar refractivity (Wildman–Crippen MR) is 38.5 cm³/mol. The fraction of sp³-hybridized carbons (Fsp3) is 0. The quantitative estimate of drug-likeness (QED) is 0.245. The summed E-state index contributed by atoms with van der Waals surface area (Å²) >= 11 is 0. The van der Waals surface area contributed by atoms with Crippen molar-refractivity contribution in [3.8, 4) is 0 Å². The van der Waals surface area contributed by atoms with Crippen LogP contribution in [-0.2, 0) is 0 Å². The molecule has 0 aliphatic carbocycles. The number of nitrogens with one attached hydrogen (secondary N) is 2. The summed E-state index contributed by atoms with van der Waals surface area (Å²) < 4.78 is 0. The number of hydrogen-bond donors (Lipinski definition) is 3. The van der Waals surface area contributed by atoms with Gasteiger partial charge in [0, 0.05) is 12.3 Å². The number of amidine groups is 1. The monoisotopic (exact) mass is 154 g/mol. The van der Waals surface area contributed by atoms with Crippen molar-refractivity contribution in [2.45, 2.75) is 0 Å². The molecular formula is C5H6N4O2. The lowest BCUT2D eigenvalue weighted by Gasteiger charge is -1.91. The second-order valence-electron chi connectivity index (χ2n) is 1.91. The third kappa shape index (κ3) is 1.18. The summed E-state index contributed by atoms with van der Waals surface area (Å²) in [6.45, 7) is 0. The molecule has 1 aromatic rings. The molecule has 6 heteroatoms. The minimum absolute atomic E-state index is 0.0509. The van der Waals surface area contributed by atoms with Crippen LogP contribution in [0.25, 0.3) is 0 Å². The number of nitrogens with zero attached hydrogens (tertiary/aromatic N) is 1. The van der Waals surface area contributed by atoms with Crippen LogP contribution in [0.2, 0.25) is 0 Å². The molecule has 0 aliphatic rings. The summed E-state index contributed by atoms with van der Waals surface area (Å²) in [7, 11) is 0. The first-order valence-corrected chi connectivity index (χ1v) is 2.79. The van der Waals surface area contributed by atoms with Crippen molar-refractivity contribution in [1.29, 1.82) is 5.41 Å². The maximum absolute atomic E-state index is 10.2. The van der Waals surface area contributed by atoms with Crippen molar-refractivity contribution in [2.24, 2.45) is 5.73 Å². The van der Waals surface area contributed by atoms with Crippen LogP contribution in [0.4, 0.5) is 5.69 Å². The lowest BCUT2D eigenvalue weighted by atomic mass is 10.3. The molecule has 1 heterocycles. The molecule has 11 heavy (non-hydrogen) atoms. The first-order valence-electron chi connectivity index (χ1n) is 2.79. The number of hydrogen-bond acceptors (Lipinski definition) is 3. The molecule has 58 valence electrons. The molecule has 6 nitrogen and oxygen atoms in total. The number of nitrogen functional groups attached to an aromatic ring is 1. The summed E-state index contributed by atoms with van der Waals surface area (Å²) in [6.07, 6.45) is 1.37. The van der Waals surface area contributed by atoms with Crippen molar-refractivity contribution >= 4 is 11.5 Å². The van der Waals surface area contributed by atoms with Crippen LogP contribution < -0.4 is 5.73 Å². The van der Waals surface area contributed by atoms with Gasteiger partial charge in [-0.2, -0.15) is 0 Å². The Hall–Kier alpha value is -1.85. The van der Waals surface area contributed by atoms with Crippen LogP contribution >= 0.6 is 0 Å². The number of rotatable bonds is 2. The van der Waals surface area contributed by atoms with Crippen LogP contribution in [0.15, 0.2) is 12.3 Å². The van der Waals surface area contributed by atoms with Gasteiger partial charge in [-0.1, -0.05) is 0 Å². The maximum Gasteiger partial charge on any atom is 0.297 e. The summed E-state index contributed by atoms with van der Waals surface area (Å²) in [5.74, 6) is -0.332. The molecule has 0 aromatic carbocycles. The third-order valence-corrected chi connectivity index (χ3v) is 1.19. The molecule has 0 saturated carbocycles. The average molecular weight is 154 g/mol. The summed E-state index contributed by atoms with van der Waals surface area (Å²) in [4.78, 5) is 12.1. The van der Waals surface area contributed by atoms with Gasteiger partial charge in [0.1, 0.15) is 5.84 Å². The van der Waals surface area contributed by atoms with E-state index in [9.17, 15) is 10.1 Å². The Morgan fingerprint density at radius 3 is 2.82 bits per heavy atom. The molecule has 0 spiro atoms. The van der Waals surface area contributed by atoms with Crippen molar-refractivity contribution in [3.05, 3.63) is 28.1 Å². The van der Waals surface area contributed by atoms with Gasteiger partial charge in [0.15, 0.2) is 5.69 Å². The first kappa shape index (κ1) is 7.26. The number of H-pyrrole nitrogens is 1. The normalized spacial score (nSPS) is 9.45. The van der Waals surface area contributed by atoms with Crippen molar-refractivity contribution in [3.63, 3.8) is 0 Å². The zero-order chi connectivity index (χ0) is 8.43. The van der Waals surface area contributed by atoms with Gasteiger partial charge in [-0.3, -0.25) is 15.5 Å². The molecule has 4 N–H and O–H groups in total. The zero-order valence-electron chi connectivity index (χ0n) is 5.50. The zero-order valence-corrected chi connectivity index (χ0v) is 5.50. The lowest BCUT2D eigenvalue weighted by molar-refractivity contribution is -0.384. The maximum atomic E-state index is 10.2. The van der Waals surface area contributed by atoms with Gasteiger partial charge < -0.3 is 10.7 Å². The highest BCUT2D eigenvalue weighted by Crippen LogP contribution is 2.14. The Morgan fingerprint density at radius 2 is 2.45 bits per heavy atom. The van der Waals surface area contributed by atoms with E-state index in [2.05, 4.69) is 4.98 Å². The van der Waals surface area contributed by atoms with E-state index >= 15 is 0 Å². The molecule has 0 fully saturated rings. The highest BCUT2D eigenvalue weighted by atomic mass is 16.6. The first-order chi connectivity index (χ1) is 5.13. The van der Waals surface area contributed by atoms with Gasteiger partial charge in [-0.25, -0.2) is 0 Å². The molecule has 0 unspecified atom stereocenters. The van der Waals surface area contributed by atoms with Gasteiger partial charge in [-0.05, 0) is 0 Å². The number of aromatic amines is 1. The average Bonchev–Trinajstić information content (AvgIpc) is 2.32. The van der Waals surface area contributed by atoms with E-state index in [1.807, 2.05) is 0 Å². The molecular weight excluding hydrogens is 148 g/mol. The van der Waals surface area contributed by atoms with Crippen molar-refractivity contribution < 1.29 is 4.92 Å². The van der Waals surface area contributed by atoms with Gasteiger partial charge in [0.25, 0.3) is 5.69 Å². The van der Waals surface area contributed by atoms with E-state index in [0.717, 1.165) is 0 Å². The largest absolute Gasteiger partial charge is 0.382 e. The van der Waals surface area contributed by atoms with Crippen LogP contribution in [-0.4, -0.2) is 15.7 Å². The van der Waals surface area contributed by atoms with Gasteiger partial charge in [-0.15, -0.1) is 0 Å². The highest BCUT2D eigenvalue weighted by Gasteiger charge is 2.15. The van der Waals surface area contributed by atoms with Crippen LogP contribution in [0.5, 0.6) is 0 Å². The van der Waals surface area contributed by atoms with Crippen LogP contribution in [0.1, 0.15) is 5.69 Å². The molecule has 0 aliphatic heterocycles. The minimum Gasteiger partial charge on any atom is -0.382 e. The van der Waals surface area contributed by atoms with Crippen LogP contribution in [0, 0.1) is 15.5 Å². The van der Waals surface area contributed by atoms with E-state index in [1.54, 1.807) is 0 Å². The number of nitrogens with two attached hydrogens (primary N) is 1. The standard InChI is InChI=1S/C5H6N4O2/c6-5(7)4-3(9(10)11)1-2-8-4/h1-2,8H,(H3,6,7). The molecule has 0 amide bonds. The molecule has 0 atom stereocenters. The van der Waals surface area contributed by atoms with Gasteiger partial charge in [0.2, 0.25) is 0 Å². The Bertz CT molecular complexity index is 275. The third-order valence-electron chi connectivity index (χ3n) is 1.19. The summed E-state index contributed by atoms with van der Waals surface area (Å²) in [6, 6.07) is 1.26. The fourth-order valence-electron chi connectivity index (χ4n) is 0.729. The van der Waals surface area contributed by atoms with E-state index in [1.165, 1.54) is 12.3 Å². The van der Waals surface area contributed by atoms with E-state index < -0.39 is 4.92 Å². The topological polar surface area (TPSA) is 109 Å². The highest BCUT2D eigenvalue weighted by molar-refractivity contribution is 5.96. The Morgan fingerprint density at radius 1 is 1.82 bits per heavy atom. The van der Waals surface area contributed by atoms with Crippen molar-refractivity contribution in [1.82, 2.24) is 4.98 Å². The number of aromatic nitrogens is 1. The number of nitro groups is 1. The van der Waals surface area contributed by atoms with E-state index in [4.69, 9.17) is 11.1 Å². The predicted octanol–water partition coefficient (Wildman–Crippen LogP) is 0.207. The van der Waals surface area contributed by atoms with Crippen LogP contribution in [0.3, 0.4) is 0 Å². The van der Waals surface area contributed by atoms with Crippen molar-refractivity contribution in [2.75, 3.05) is 0 Å². The Labute approximate surface area is 61.7 Å². The summed E-state index contributed by atoms with van der Waals surface area (Å²) in [5.41, 5.74) is 4.93. The second kappa shape index (κ2) is 2.41. The van der Waals surface area contributed by atoms with Gasteiger partial charge >= 0.3 is 0 Å². The molecule has 0 saturated heterocycles. The minimum atomic E-state index is -0.590. The second-order valence-corrected chi connectivity index (χ2v) is 1.91. The smallest absolute Gasteiger partial charge is 0.297 e. The fourth-order valence-corrected chi connectivity index (χ4v) is 0.729. The van der Waals surface area contributed by atoms with E-state index in [-0.39, 0.29) is 17.2 Å². The molecule has 0 radical (unpaired) electrons. The Balaban J connectivity index is 3.16. The molecule has 1 aromatic heterocycles. The SMILES string of the molecule is N=C(N)c1[nH]ccc1[N+](=O)[O-]. The van der Waals surface area contributed by atoms with E-state index in [0.29, 0.717) is 0 Å². The lowest BCUT2D eigenvalue weighted by Crippen LogP contribution is -2.13. The van der Waals surface area contributed by atoms with Gasteiger partial charge in [0.05, 0.1) is 4.92 Å². The molecule has 0 bridgehead atoms. The molecule has 1 rings (SSSR count). The summed E-state index contributed by atoms with van der Waals surface area (Å²) in [5, 5.41) is 17.1.